The highest BCUT2D eigenvalue weighted by Gasteiger charge is 1.98. The Morgan fingerprint density at radius 1 is 1.04 bits per heavy atom. The van der Waals surface area contributed by atoms with Gasteiger partial charge in [-0.2, -0.15) is 5.26 Å². The molecule has 1 heterocycles. The van der Waals surface area contributed by atoms with Crippen LogP contribution < -0.4 is 10.6 Å². The van der Waals surface area contributed by atoms with Crippen molar-refractivity contribution < 1.29 is 0 Å². The smallest absolute Gasteiger partial charge is 0.209 e. The number of aryl methyl sites for hydroxylation is 1. The normalized spacial score (nSPS) is 10.8. The number of aliphatic imine (C=N–C) groups is 1. The van der Waals surface area contributed by atoms with E-state index in [2.05, 4.69) is 44.9 Å². The van der Waals surface area contributed by atoms with Gasteiger partial charge in [0.2, 0.25) is 5.96 Å². The number of pyridine rings is 1. The minimum Gasteiger partial charge on any atom is -0.355 e. The van der Waals surface area contributed by atoms with Gasteiger partial charge in [0.15, 0.2) is 6.19 Å². The third-order valence-corrected chi connectivity index (χ3v) is 3.36. The molecule has 0 radical (unpaired) electrons. The maximum absolute atomic E-state index is 8.79. The van der Waals surface area contributed by atoms with Crippen LogP contribution in [0.5, 0.6) is 0 Å². The average Bonchev–Trinajstić information content (AvgIpc) is 2.60. The van der Waals surface area contributed by atoms with Crippen LogP contribution in [0, 0.1) is 11.5 Å². The molecule has 0 bridgehead atoms. The van der Waals surface area contributed by atoms with Crippen LogP contribution in [0.15, 0.2) is 59.9 Å². The molecular formula is C18H21N5. The van der Waals surface area contributed by atoms with Gasteiger partial charge < -0.3 is 5.32 Å². The number of aromatic nitrogens is 1. The summed E-state index contributed by atoms with van der Waals surface area (Å²) in [5, 5.41) is 14.5. The largest absolute Gasteiger partial charge is 0.355 e. The van der Waals surface area contributed by atoms with Crippen molar-refractivity contribution in [3.8, 4) is 6.19 Å². The van der Waals surface area contributed by atoms with Crippen LogP contribution >= 0.6 is 0 Å². The monoisotopic (exact) mass is 307 g/mol. The quantitative estimate of drug-likeness (QED) is 0.271. The molecule has 5 heteroatoms. The van der Waals surface area contributed by atoms with Gasteiger partial charge in [-0.25, -0.2) is 4.99 Å². The topological polar surface area (TPSA) is 73.1 Å². The summed E-state index contributed by atoms with van der Waals surface area (Å²) in [4.78, 5) is 8.29. The molecule has 2 aromatic rings. The summed E-state index contributed by atoms with van der Waals surface area (Å²) in [5.74, 6) is 0.474. The van der Waals surface area contributed by atoms with Gasteiger partial charge in [0.25, 0.3) is 0 Å². The Labute approximate surface area is 137 Å². The molecule has 0 saturated heterocycles. The number of guanidine groups is 1. The summed E-state index contributed by atoms with van der Waals surface area (Å²) >= 11 is 0. The summed E-state index contributed by atoms with van der Waals surface area (Å²) in [5.41, 5.74) is 2.14. The molecule has 0 amide bonds. The van der Waals surface area contributed by atoms with E-state index in [1.165, 1.54) is 5.56 Å². The Bertz CT molecular complexity index is 631. The van der Waals surface area contributed by atoms with Crippen molar-refractivity contribution in [1.29, 1.82) is 5.26 Å². The van der Waals surface area contributed by atoms with Crippen LogP contribution in [0.1, 0.15) is 24.8 Å². The van der Waals surface area contributed by atoms with E-state index >= 15 is 0 Å². The van der Waals surface area contributed by atoms with Gasteiger partial charge in [-0.3, -0.25) is 10.3 Å². The molecule has 0 saturated carbocycles. The molecular weight excluding hydrogens is 286 g/mol. The van der Waals surface area contributed by atoms with Crippen molar-refractivity contribution >= 4 is 11.6 Å². The van der Waals surface area contributed by atoms with Crippen LogP contribution in [-0.4, -0.2) is 17.5 Å². The van der Waals surface area contributed by atoms with Crippen LogP contribution in [-0.2, 0) is 6.42 Å². The van der Waals surface area contributed by atoms with Gasteiger partial charge in [-0.15, -0.1) is 0 Å². The fourth-order valence-corrected chi connectivity index (χ4v) is 2.19. The van der Waals surface area contributed by atoms with E-state index in [1.54, 1.807) is 24.5 Å². The number of nitrogens with one attached hydrogen (secondary N) is 2. The lowest BCUT2D eigenvalue weighted by Crippen LogP contribution is -2.34. The first-order valence-corrected chi connectivity index (χ1v) is 7.80. The first kappa shape index (κ1) is 16.5. The molecule has 118 valence electrons. The predicted molar refractivity (Wildman–Crippen MR) is 92.1 cm³/mol. The molecule has 0 aliphatic heterocycles. The molecule has 0 fully saturated rings. The average molecular weight is 307 g/mol. The van der Waals surface area contributed by atoms with E-state index in [1.807, 2.05) is 12.3 Å². The van der Waals surface area contributed by atoms with Crippen molar-refractivity contribution in [3.05, 3.63) is 60.4 Å². The minimum atomic E-state index is 0.474. The van der Waals surface area contributed by atoms with Crippen molar-refractivity contribution in [2.75, 3.05) is 6.54 Å². The number of rotatable bonds is 7. The van der Waals surface area contributed by atoms with Crippen molar-refractivity contribution in [2.24, 2.45) is 4.99 Å². The third kappa shape index (κ3) is 6.62. The second-order valence-electron chi connectivity index (χ2n) is 5.13. The third-order valence-electron chi connectivity index (χ3n) is 3.36. The maximum Gasteiger partial charge on any atom is 0.209 e. The van der Waals surface area contributed by atoms with E-state index < -0.39 is 0 Å². The molecule has 0 spiro atoms. The van der Waals surface area contributed by atoms with Crippen LogP contribution in [0.2, 0.25) is 0 Å². The predicted octanol–water partition coefficient (Wildman–Crippen LogP) is 3.14. The van der Waals surface area contributed by atoms with Gasteiger partial charge in [-0.1, -0.05) is 36.8 Å². The molecule has 23 heavy (non-hydrogen) atoms. The zero-order chi connectivity index (χ0) is 16.2. The van der Waals surface area contributed by atoms with E-state index in [0.29, 0.717) is 5.96 Å². The maximum atomic E-state index is 8.79. The Morgan fingerprint density at radius 3 is 2.57 bits per heavy atom. The Kier molecular flexibility index (Phi) is 7.14. The highest BCUT2D eigenvalue weighted by atomic mass is 15.2. The van der Waals surface area contributed by atoms with E-state index in [9.17, 15) is 0 Å². The number of benzene rings is 1. The van der Waals surface area contributed by atoms with E-state index in [-0.39, 0.29) is 0 Å². The first-order chi connectivity index (χ1) is 11.4. The second kappa shape index (κ2) is 9.96. The summed E-state index contributed by atoms with van der Waals surface area (Å²) in [6, 6.07) is 14.1. The second-order valence-corrected chi connectivity index (χ2v) is 5.13. The number of unbranched alkanes of at least 4 members (excludes halogenated alkanes) is 2. The van der Waals surface area contributed by atoms with E-state index in [4.69, 9.17) is 5.26 Å². The highest BCUT2D eigenvalue weighted by Crippen LogP contribution is 2.08. The molecule has 5 nitrogen and oxygen atoms in total. The van der Waals surface area contributed by atoms with Gasteiger partial charge in [0.1, 0.15) is 0 Å². The van der Waals surface area contributed by atoms with E-state index in [0.717, 1.165) is 37.9 Å². The lowest BCUT2D eigenvalue weighted by atomic mass is 10.1. The molecule has 0 aliphatic rings. The lowest BCUT2D eigenvalue weighted by Gasteiger charge is -2.08. The number of hydrogen-bond donors (Lipinski definition) is 2. The molecule has 2 N–H and O–H groups in total. The SMILES string of the molecule is N#CNC(=Nc1ccncc1)NCCCCCc1ccccc1. The van der Waals surface area contributed by atoms with Gasteiger partial charge in [-0.05, 0) is 37.0 Å². The summed E-state index contributed by atoms with van der Waals surface area (Å²) in [6.45, 7) is 0.785. The molecule has 1 aromatic carbocycles. The molecule has 1 aromatic heterocycles. The van der Waals surface area contributed by atoms with Gasteiger partial charge in [0, 0.05) is 18.9 Å². The van der Waals surface area contributed by atoms with Crippen LogP contribution in [0.25, 0.3) is 0 Å². The number of hydrogen-bond acceptors (Lipinski definition) is 3. The lowest BCUT2D eigenvalue weighted by molar-refractivity contribution is 0.660. The fourth-order valence-electron chi connectivity index (χ4n) is 2.19. The number of nitrogens with zero attached hydrogens (tertiary/aromatic N) is 3. The summed E-state index contributed by atoms with van der Waals surface area (Å²) < 4.78 is 0. The molecule has 0 atom stereocenters. The van der Waals surface area contributed by atoms with Gasteiger partial charge >= 0.3 is 0 Å². The Hall–Kier alpha value is -2.87. The first-order valence-electron chi connectivity index (χ1n) is 7.80. The molecule has 0 aliphatic carbocycles. The van der Waals surface area contributed by atoms with Crippen molar-refractivity contribution in [3.63, 3.8) is 0 Å². The zero-order valence-corrected chi connectivity index (χ0v) is 13.1. The minimum absolute atomic E-state index is 0.474. The number of nitriles is 1. The summed E-state index contributed by atoms with van der Waals surface area (Å²) in [6.07, 6.45) is 9.69. The Morgan fingerprint density at radius 2 is 1.83 bits per heavy atom. The van der Waals surface area contributed by atoms with Crippen molar-refractivity contribution in [1.82, 2.24) is 15.6 Å². The standard InChI is InChI=1S/C18H21N5/c19-15-22-18(23-17-10-13-20-14-11-17)21-12-6-2-5-9-16-7-3-1-4-8-16/h1,3-4,7-8,10-11,13-14H,2,5-6,9,12H2,(H2,20,21,22,23). The fraction of sp³-hybridized carbons (Fsp3) is 0.278. The highest BCUT2D eigenvalue weighted by molar-refractivity contribution is 5.83. The zero-order valence-electron chi connectivity index (χ0n) is 13.1. The van der Waals surface area contributed by atoms with Crippen molar-refractivity contribution in [2.45, 2.75) is 25.7 Å². The Balaban J connectivity index is 1.68. The summed E-state index contributed by atoms with van der Waals surface area (Å²) in [7, 11) is 0. The van der Waals surface area contributed by atoms with Gasteiger partial charge in [0.05, 0.1) is 5.69 Å². The molecule has 2 rings (SSSR count). The van der Waals surface area contributed by atoms with Crippen LogP contribution in [0.3, 0.4) is 0 Å². The van der Waals surface area contributed by atoms with Crippen LogP contribution in [0.4, 0.5) is 5.69 Å². The molecule has 0 unspecified atom stereocenters.